The molecule has 1 aromatic rings. The highest BCUT2D eigenvalue weighted by Gasteiger charge is 2.31. The Hall–Kier alpha value is -1.47. The lowest BCUT2D eigenvalue weighted by Crippen LogP contribution is -2.31. The van der Waals surface area contributed by atoms with Crippen molar-refractivity contribution in [3.63, 3.8) is 0 Å². The molecule has 2 atom stereocenters. The Morgan fingerprint density at radius 3 is 2.39 bits per heavy atom. The van der Waals surface area contributed by atoms with Crippen molar-refractivity contribution < 1.29 is 27.8 Å². The average molecular weight is 263 g/mol. The Morgan fingerprint density at radius 2 is 1.89 bits per heavy atom. The van der Waals surface area contributed by atoms with Crippen LogP contribution >= 0.6 is 0 Å². The van der Waals surface area contributed by atoms with E-state index in [1.807, 2.05) is 0 Å². The van der Waals surface area contributed by atoms with Crippen molar-refractivity contribution in [2.75, 3.05) is 18.5 Å². The number of halogens is 3. The van der Waals surface area contributed by atoms with Gasteiger partial charge in [-0.1, -0.05) is 0 Å². The first-order valence-corrected chi connectivity index (χ1v) is 5.32. The van der Waals surface area contributed by atoms with Crippen molar-refractivity contribution in [3.05, 3.63) is 24.3 Å². The van der Waals surface area contributed by atoms with Gasteiger partial charge in [0.1, 0.15) is 5.75 Å². The molecule has 0 unspecified atom stereocenters. The van der Waals surface area contributed by atoms with E-state index in [-0.39, 0.29) is 18.4 Å². The lowest BCUT2D eigenvalue weighted by molar-refractivity contribution is -0.274. The van der Waals surface area contributed by atoms with Crippen LogP contribution in [0.2, 0.25) is 0 Å². The first kappa shape index (κ1) is 13.0. The van der Waals surface area contributed by atoms with Gasteiger partial charge in [0.05, 0.1) is 25.4 Å². The number of ether oxygens (including phenoxy) is 2. The molecule has 1 saturated heterocycles. The first-order valence-electron chi connectivity index (χ1n) is 5.32. The predicted octanol–water partition coefficient (Wildman–Crippen LogP) is 1.76. The molecule has 100 valence electrons. The normalized spacial score (nSPS) is 24.0. The Balaban J connectivity index is 1.95. The van der Waals surface area contributed by atoms with Gasteiger partial charge in [-0.05, 0) is 24.3 Å². The lowest BCUT2D eigenvalue weighted by atomic mass is 10.2. The van der Waals surface area contributed by atoms with Crippen molar-refractivity contribution in [2.45, 2.75) is 18.5 Å². The molecule has 1 fully saturated rings. The molecule has 1 aromatic carbocycles. The van der Waals surface area contributed by atoms with Crippen molar-refractivity contribution >= 4 is 5.69 Å². The second-order valence-electron chi connectivity index (χ2n) is 3.93. The van der Waals surface area contributed by atoms with Crippen molar-refractivity contribution in [1.29, 1.82) is 0 Å². The largest absolute Gasteiger partial charge is 0.573 e. The summed E-state index contributed by atoms with van der Waals surface area (Å²) >= 11 is 0. The van der Waals surface area contributed by atoms with Crippen LogP contribution in [-0.2, 0) is 4.74 Å². The highest BCUT2D eigenvalue weighted by atomic mass is 19.4. The minimum absolute atomic E-state index is 0.251. The molecular formula is C11H12F3NO3. The Morgan fingerprint density at radius 1 is 1.22 bits per heavy atom. The van der Waals surface area contributed by atoms with Crippen LogP contribution in [0, 0.1) is 0 Å². The molecule has 0 radical (unpaired) electrons. The third-order valence-corrected chi connectivity index (χ3v) is 2.49. The SMILES string of the molecule is O[C@H]1COC[C@@H]1Nc1ccc(OC(F)(F)F)cc1. The predicted molar refractivity (Wildman–Crippen MR) is 57.4 cm³/mol. The van der Waals surface area contributed by atoms with E-state index in [0.29, 0.717) is 12.3 Å². The second-order valence-corrected chi connectivity index (χ2v) is 3.93. The van der Waals surface area contributed by atoms with Crippen LogP contribution in [0.25, 0.3) is 0 Å². The molecule has 0 aromatic heterocycles. The third-order valence-electron chi connectivity index (χ3n) is 2.49. The molecule has 7 heteroatoms. The summed E-state index contributed by atoms with van der Waals surface area (Å²) in [4.78, 5) is 0. The van der Waals surface area contributed by atoms with Gasteiger partial charge in [0.2, 0.25) is 0 Å². The maximum absolute atomic E-state index is 11.9. The van der Waals surface area contributed by atoms with Gasteiger partial charge in [-0.25, -0.2) is 0 Å². The Labute approximate surface area is 101 Å². The summed E-state index contributed by atoms with van der Waals surface area (Å²) in [5, 5.41) is 12.5. The number of alkyl halides is 3. The minimum Gasteiger partial charge on any atom is -0.406 e. The molecule has 0 amide bonds. The van der Waals surface area contributed by atoms with Crippen molar-refractivity contribution in [1.82, 2.24) is 0 Å². The highest BCUT2D eigenvalue weighted by Crippen LogP contribution is 2.24. The zero-order chi connectivity index (χ0) is 13.2. The molecule has 2 rings (SSSR count). The van der Waals surface area contributed by atoms with Gasteiger partial charge in [-0.15, -0.1) is 13.2 Å². The molecule has 1 aliphatic rings. The molecule has 1 heterocycles. The smallest absolute Gasteiger partial charge is 0.406 e. The number of rotatable bonds is 3. The topological polar surface area (TPSA) is 50.7 Å². The average Bonchev–Trinajstić information content (AvgIpc) is 2.65. The van der Waals surface area contributed by atoms with Gasteiger partial charge >= 0.3 is 6.36 Å². The van der Waals surface area contributed by atoms with Gasteiger partial charge in [-0.2, -0.15) is 0 Å². The summed E-state index contributed by atoms with van der Waals surface area (Å²) in [7, 11) is 0. The van der Waals surface area contributed by atoms with Crippen LogP contribution in [0.4, 0.5) is 18.9 Å². The number of aliphatic hydroxyl groups is 1. The summed E-state index contributed by atoms with van der Waals surface area (Å²) in [6.45, 7) is 0.620. The molecule has 0 bridgehead atoms. The quantitative estimate of drug-likeness (QED) is 0.872. The van der Waals surface area contributed by atoms with Crippen LogP contribution in [-0.4, -0.2) is 36.8 Å². The van der Waals surface area contributed by atoms with E-state index in [9.17, 15) is 18.3 Å². The molecule has 1 aliphatic heterocycles. The molecule has 4 nitrogen and oxygen atoms in total. The van der Waals surface area contributed by atoms with E-state index in [0.717, 1.165) is 0 Å². The summed E-state index contributed by atoms with van der Waals surface area (Å²) in [6, 6.07) is 5.06. The van der Waals surface area contributed by atoms with Gasteiger partial charge in [0, 0.05) is 5.69 Å². The minimum atomic E-state index is -4.69. The molecule has 0 spiro atoms. The van der Waals surface area contributed by atoms with Crippen LogP contribution in [0.1, 0.15) is 0 Å². The molecule has 2 N–H and O–H groups in total. The third kappa shape index (κ3) is 3.51. The van der Waals surface area contributed by atoms with E-state index in [2.05, 4.69) is 10.1 Å². The standard InChI is InChI=1S/C11H12F3NO3/c12-11(13,14)18-8-3-1-7(2-4-8)15-9-5-17-6-10(9)16/h1-4,9-10,15-16H,5-6H2/t9-,10-/m0/s1. The summed E-state index contributed by atoms with van der Waals surface area (Å²) in [6.07, 6.45) is -5.30. The van der Waals surface area contributed by atoms with E-state index >= 15 is 0 Å². The monoisotopic (exact) mass is 263 g/mol. The van der Waals surface area contributed by atoms with Crippen LogP contribution in [0.5, 0.6) is 5.75 Å². The number of benzene rings is 1. The van der Waals surface area contributed by atoms with Crippen LogP contribution in [0.3, 0.4) is 0 Å². The number of anilines is 1. The van der Waals surface area contributed by atoms with Gasteiger partial charge in [0.15, 0.2) is 0 Å². The van der Waals surface area contributed by atoms with Crippen molar-refractivity contribution in [2.24, 2.45) is 0 Å². The summed E-state index contributed by atoms with van der Waals surface area (Å²) in [5.74, 6) is -0.281. The van der Waals surface area contributed by atoms with E-state index in [4.69, 9.17) is 4.74 Å². The Kier molecular flexibility index (Phi) is 3.63. The van der Waals surface area contributed by atoms with Gasteiger partial charge in [0.25, 0.3) is 0 Å². The molecule has 0 aliphatic carbocycles. The fourth-order valence-electron chi connectivity index (χ4n) is 1.65. The lowest BCUT2D eigenvalue weighted by Gasteiger charge is -2.16. The van der Waals surface area contributed by atoms with Gasteiger partial charge in [-0.3, -0.25) is 0 Å². The maximum Gasteiger partial charge on any atom is 0.573 e. The fraction of sp³-hybridized carbons (Fsp3) is 0.455. The number of nitrogens with one attached hydrogen (secondary N) is 1. The van der Waals surface area contributed by atoms with Gasteiger partial charge < -0.3 is 19.9 Å². The summed E-state index contributed by atoms with van der Waals surface area (Å²) < 4.78 is 44.6. The van der Waals surface area contributed by atoms with Crippen LogP contribution in [0.15, 0.2) is 24.3 Å². The second kappa shape index (κ2) is 5.03. The van der Waals surface area contributed by atoms with Crippen molar-refractivity contribution in [3.8, 4) is 5.75 Å². The Bertz CT molecular complexity index is 394. The first-order chi connectivity index (χ1) is 8.44. The van der Waals surface area contributed by atoms with E-state index in [1.165, 1.54) is 24.3 Å². The van der Waals surface area contributed by atoms with Crippen LogP contribution < -0.4 is 10.1 Å². The fourth-order valence-corrected chi connectivity index (χ4v) is 1.65. The zero-order valence-electron chi connectivity index (χ0n) is 9.28. The highest BCUT2D eigenvalue weighted by molar-refractivity contribution is 5.47. The van der Waals surface area contributed by atoms with E-state index in [1.54, 1.807) is 0 Å². The molecule has 18 heavy (non-hydrogen) atoms. The summed E-state index contributed by atoms with van der Waals surface area (Å²) in [5.41, 5.74) is 0.596. The number of aliphatic hydroxyl groups excluding tert-OH is 1. The molecule has 0 saturated carbocycles. The van der Waals surface area contributed by atoms with E-state index < -0.39 is 12.5 Å². The maximum atomic E-state index is 11.9. The zero-order valence-corrected chi connectivity index (χ0v) is 9.28. The number of hydrogen-bond donors (Lipinski definition) is 2. The molecular weight excluding hydrogens is 251 g/mol. The number of hydrogen-bond acceptors (Lipinski definition) is 4.